The third-order valence-corrected chi connectivity index (χ3v) is 5.15. The predicted molar refractivity (Wildman–Crippen MR) is 95.4 cm³/mol. The summed E-state index contributed by atoms with van der Waals surface area (Å²) < 4.78 is 37.5. The molecular weight excluding hydrogens is 358 g/mol. The maximum absolute atomic E-state index is 12.5. The maximum atomic E-state index is 12.5. The third kappa shape index (κ3) is 4.93. The van der Waals surface area contributed by atoms with Crippen molar-refractivity contribution in [2.75, 3.05) is 14.2 Å². The van der Waals surface area contributed by atoms with Crippen molar-refractivity contribution >= 4 is 15.9 Å². The summed E-state index contributed by atoms with van der Waals surface area (Å²) in [6, 6.07) is 6.78. The van der Waals surface area contributed by atoms with Gasteiger partial charge in [0.05, 0.1) is 25.2 Å². The molecule has 0 spiro atoms. The van der Waals surface area contributed by atoms with E-state index < -0.39 is 22.0 Å². The van der Waals surface area contributed by atoms with E-state index in [9.17, 15) is 13.2 Å². The lowest BCUT2D eigenvalue weighted by atomic mass is 10.2. The molecule has 0 bridgehead atoms. The number of carbonyl (C=O) groups is 1. The van der Waals surface area contributed by atoms with Gasteiger partial charge < -0.3 is 14.8 Å². The largest absolute Gasteiger partial charge is 0.493 e. The lowest BCUT2D eigenvalue weighted by Gasteiger charge is -2.15. The minimum Gasteiger partial charge on any atom is -0.493 e. The van der Waals surface area contributed by atoms with E-state index in [2.05, 4.69) is 15.0 Å². The van der Waals surface area contributed by atoms with Crippen molar-refractivity contribution in [2.45, 2.75) is 24.4 Å². The van der Waals surface area contributed by atoms with E-state index in [0.717, 1.165) is 5.56 Å². The molecule has 26 heavy (non-hydrogen) atoms. The molecule has 0 saturated heterocycles. The normalized spacial score (nSPS) is 12.3. The summed E-state index contributed by atoms with van der Waals surface area (Å²) in [5, 5.41) is 2.68. The van der Waals surface area contributed by atoms with E-state index in [1.807, 2.05) is 0 Å². The van der Waals surface area contributed by atoms with Crippen molar-refractivity contribution in [1.82, 2.24) is 15.0 Å². The fraction of sp³-hybridized carbons (Fsp3) is 0.294. The number of amides is 1. The van der Waals surface area contributed by atoms with Crippen molar-refractivity contribution in [2.24, 2.45) is 0 Å². The van der Waals surface area contributed by atoms with Crippen LogP contribution in [-0.2, 0) is 21.4 Å². The summed E-state index contributed by atoms with van der Waals surface area (Å²) >= 11 is 0. The first-order chi connectivity index (χ1) is 12.4. The SMILES string of the molecule is COc1ccc(S(=O)(=O)N[C@H](C)C(=O)NCc2ccncc2)cc1OC. The molecule has 1 atom stereocenters. The van der Waals surface area contributed by atoms with Crippen LogP contribution in [0.1, 0.15) is 12.5 Å². The van der Waals surface area contributed by atoms with E-state index >= 15 is 0 Å². The monoisotopic (exact) mass is 379 g/mol. The molecule has 9 heteroatoms. The number of sulfonamides is 1. The Morgan fingerprint density at radius 3 is 2.38 bits per heavy atom. The molecule has 2 aromatic rings. The van der Waals surface area contributed by atoms with Crippen LogP contribution in [0, 0.1) is 0 Å². The summed E-state index contributed by atoms with van der Waals surface area (Å²) in [6.45, 7) is 1.75. The van der Waals surface area contributed by atoms with Crippen LogP contribution in [0.15, 0.2) is 47.6 Å². The summed E-state index contributed by atoms with van der Waals surface area (Å²) in [7, 11) is -1.03. The zero-order valence-corrected chi connectivity index (χ0v) is 15.5. The number of pyridine rings is 1. The molecule has 8 nitrogen and oxygen atoms in total. The van der Waals surface area contributed by atoms with E-state index in [4.69, 9.17) is 9.47 Å². The van der Waals surface area contributed by atoms with Crippen LogP contribution in [0.5, 0.6) is 11.5 Å². The van der Waals surface area contributed by atoms with Crippen LogP contribution in [0.25, 0.3) is 0 Å². The standard InChI is InChI=1S/C17H21N3O5S/c1-12(17(21)19-11-13-6-8-18-9-7-13)20-26(22,23)14-4-5-15(24-2)16(10-14)25-3/h4-10,12,20H,11H2,1-3H3,(H,19,21)/t12-/m1/s1. The molecule has 2 N–H and O–H groups in total. The number of carbonyl (C=O) groups excluding carboxylic acids is 1. The van der Waals surface area contributed by atoms with Crippen molar-refractivity contribution in [3.63, 3.8) is 0 Å². The third-order valence-electron chi connectivity index (χ3n) is 3.61. The number of aromatic nitrogens is 1. The molecule has 0 radical (unpaired) electrons. The fourth-order valence-electron chi connectivity index (χ4n) is 2.18. The second-order valence-corrected chi connectivity index (χ2v) is 7.15. The van der Waals surface area contributed by atoms with E-state index in [-0.39, 0.29) is 17.2 Å². The molecular formula is C17H21N3O5S. The van der Waals surface area contributed by atoms with Gasteiger partial charge in [0.15, 0.2) is 11.5 Å². The van der Waals surface area contributed by atoms with Crippen molar-refractivity contribution in [3.8, 4) is 11.5 Å². The topological polar surface area (TPSA) is 107 Å². The number of benzene rings is 1. The van der Waals surface area contributed by atoms with Gasteiger partial charge in [0.2, 0.25) is 15.9 Å². The minimum absolute atomic E-state index is 0.0241. The van der Waals surface area contributed by atoms with Gasteiger partial charge in [0, 0.05) is 25.0 Å². The first-order valence-corrected chi connectivity index (χ1v) is 9.26. The summed E-state index contributed by atoms with van der Waals surface area (Å²) in [4.78, 5) is 16.0. The van der Waals surface area contributed by atoms with Gasteiger partial charge >= 0.3 is 0 Å². The Morgan fingerprint density at radius 2 is 1.77 bits per heavy atom. The smallest absolute Gasteiger partial charge is 0.241 e. The first kappa shape index (κ1) is 19.7. The molecule has 1 amide bonds. The van der Waals surface area contributed by atoms with Gasteiger partial charge in [-0.1, -0.05) is 0 Å². The molecule has 0 aliphatic heterocycles. The number of rotatable bonds is 8. The number of hydrogen-bond donors (Lipinski definition) is 2. The molecule has 1 aromatic carbocycles. The van der Waals surface area contributed by atoms with Crippen molar-refractivity contribution in [3.05, 3.63) is 48.3 Å². The van der Waals surface area contributed by atoms with Crippen LogP contribution in [0.4, 0.5) is 0 Å². The Kier molecular flexibility index (Phi) is 6.53. The van der Waals surface area contributed by atoms with Gasteiger partial charge in [-0.15, -0.1) is 0 Å². The molecule has 140 valence electrons. The quantitative estimate of drug-likeness (QED) is 0.711. The highest BCUT2D eigenvalue weighted by atomic mass is 32.2. The lowest BCUT2D eigenvalue weighted by Crippen LogP contribution is -2.44. The maximum Gasteiger partial charge on any atom is 0.241 e. The predicted octanol–water partition coefficient (Wildman–Crippen LogP) is 1.08. The van der Waals surface area contributed by atoms with E-state index in [1.165, 1.54) is 39.3 Å². The number of ether oxygens (including phenoxy) is 2. The van der Waals surface area contributed by atoms with Gasteiger partial charge in [0.1, 0.15) is 0 Å². The first-order valence-electron chi connectivity index (χ1n) is 7.78. The summed E-state index contributed by atoms with van der Waals surface area (Å²) in [5.74, 6) is 0.255. The molecule has 2 rings (SSSR count). The van der Waals surface area contributed by atoms with Crippen LogP contribution in [0.2, 0.25) is 0 Å². The summed E-state index contributed by atoms with van der Waals surface area (Å²) in [6.07, 6.45) is 3.23. The molecule has 0 aliphatic rings. The van der Waals surface area contributed by atoms with Crippen LogP contribution in [-0.4, -0.2) is 39.6 Å². The van der Waals surface area contributed by atoms with E-state index in [0.29, 0.717) is 5.75 Å². The molecule has 1 aromatic heterocycles. The zero-order chi connectivity index (χ0) is 19.2. The second-order valence-electron chi connectivity index (χ2n) is 5.43. The highest BCUT2D eigenvalue weighted by Crippen LogP contribution is 2.29. The second kappa shape index (κ2) is 8.63. The molecule has 0 unspecified atom stereocenters. The highest BCUT2D eigenvalue weighted by molar-refractivity contribution is 7.89. The van der Waals surface area contributed by atoms with Gasteiger partial charge in [-0.25, -0.2) is 8.42 Å². The Balaban J connectivity index is 2.04. The van der Waals surface area contributed by atoms with Gasteiger partial charge in [-0.05, 0) is 36.8 Å². The molecule has 0 saturated carbocycles. The Morgan fingerprint density at radius 1 is 1.12 bits per heavy atom. The van der Waals surface area contributed by atoms with Crippen molar-refractivity contribution < 1.29 is 22.7 Å². The average molecular weight is 379 g/mol. The molecule has 0 aliphatic carbocycles. The summed E-state index contributed by atoms with van der Waals surface area (Å²) in [5.41, 5.74) is 0.864. The van der Waals surface area contributed by atoms with Crippen LogP contribution < -0.4 is 19.5 Å². The minimum atomic E-state index is -3.90. The number of methoxy groups -OCH3 is 2. The Labute approximate surface area is 152 Å². The Bertz CT molecular complexity index is 856. The number of hydrogen-bond acceptors (Lipinski definition) is 6. The Hall–Kier alpha value is -2.65. The van der Waals surface area contributed by atoms with E-state index in [1.54, 1.807) is 24.5 Å². The number of nitrogens with one attached hydrogen (secondary N) is 2. The van der Waals surface area contributed by atoms with Crippen molar-refractivity contribution in [1.29, 1.82) is 0 Å². The van der Waals surface area contributed by atoms with Crippen LogP contribution in [0.3, 0.4) is 0 Å². The van der Waals surface area contributed by atoms with Gasteiger partial charge in [0.25, 0.3) is 0 Å². The van der Waals surface area contributed by atoms with Gasteiger partial charge in [-0.3, -0.25) is 9.78 Å². The molecule has 0 fully saturated rings. The molecule has 1 heterocycles. The lowest BCUT2D eigenvalue weighted by molar-refractivity contribution is -0.122. The highest BCUT2D eigenvalue weighted by Gasteiger charge is 2.23. The van der Waals surface area contributed by atoms with Gasteiger partial charge in [-0.2, -0.15) is 4.72 Å². The average Bonchev–Trinajstić information content (AvgIpc) is 2.65. The number of nitrogens with zero attached hydrogens (tertiary/aromatic N) is 1. The zero-order valence-electron chi connectivity index (χ0n) is 14.7. The fourth-order valence-corrected chi connectivity index (χ4v) is 3.40. The van der Waals surface area contributed by atoms with Crippen LogP contribution >= 0.6 is 0 Å².